The first-order valence-corrected chi connectivity index (χ1v) is 7.87. The van der Waals surface area contributed by atoms with Crippen LogP contribution in [-0.2, 0) is 10.0 Å². The average molecular weight is 268 g/mol. The zero-order valence-electron chi connectivity index (χ0n) is 10.9. The molecule has 2 rings (SSSR count). The third-order valence-electron chi connectivity index (χ3n) is 3.24. The number of benzene rings is 1. The predicted octanol–water partition coefficient (Wildman–Crippen LogP) is 1.51. The van der Waals surface area contributed by atoms with E-state index in [1.54, 1.807) is 7.05 Å². The Hall–Kier alpha value is -1.07. The van der Waals surface area contributed by atoms with Crippen molar-refractivity contribution in [3.63, 3.8) is 0 Å². The maximum atomic E-state index is 12.2. The van der Waals surface area contributed by atoms with Crippen LogP contribution >= 0.6 is 0 Å². The molecular formula is C13H20N2O2S. The van der Waals surface area contributed by atoms with Crippen molar-refractivity contribution in [2.45, 2.75) is 25.8 Å². The number of sulfonamides is 1. The van der Waals surface area contributed by atoms with Crippen LogP contribution < -0.4 is 9.62 Å². The normalized spacial score (nSPS) is 15.7. The van der Waals surface area contributed by atoms with Crippen LogP contribution in [-0.4, -0.2) is 33.8 Å². The molecule has 1 aliphatic rings. The highest BCUT2D eigenvalue weighted by atomic mass is 32.2. The molecule has 1 aliphatic carbocycles. The van der Waals surface area contributed by atoms with Crippen molar-refractivity contribution in [1.29, 1.82) is 0 Å². The van der Waals surface area contributed by atoms with Crippen LogP contribution in [0.5, 0.6) is 0 Å². The summed E-state index contributed by atoms with van der Waals surface area (Å²) in [5.74, 6) is 0.147. The summed E-state index contributed by atoms with van der Waals surface area (Å²) in [5, 5.41) is 3.23. The quantitative estimate of drug-likeness (QED) is 0.851. The van der Waals surface area contributed by atoms with Crippen LogP contribution in [0.15, 0.2) is 24.3 Å². The van der Waals surface area contributed by atoms with Gasteiger partial charge >= 0.3 is 0 Å². The van der Waals surface area contributed by atoms with Crippen LogP contribution in [0.3, 0.4) is 0 Å². The molecule has 0 atom stereocenters. The van der Waals surface area contributed by atoms with Gasteiger partial charge in [-0.25, -0.2) is 8.42 Å². The maximum Gasteiger partial charge on any atom is 0.236 e. The second-order valence-electron chi connectivity index (χ2n) is 4.80. The minimum atomic E-state index is -3.23. The van der Waals surface area contributed by atoms with E-state index in [2.05, 4.69) is 5.32 Å². The van der Waals surface area contributed by atoms with Crippen molar-refractivity contribution >= 4 is 15.7 Å². The Labute approximate surface area is 109 Å². The van der Waals surface area contributed by atoms with Crippen LogP contribution in [0.4, 0.5) is 5.69 Å². The first-order chi connectivity index (χ1) is 8.50. The molecular weight excluding hydrogens is 248 g/mol. The van der Waals surface area contributed by atoms with Gasteiger partial charge in [0, 0.05) is 19.6 Å². The zero-order valence-corrected chi connectivity index (χ0v) is 11.7. The van der Waals surface area contributed by atoms with Gasteiger partial charge in [-0.15, -0.1) is 0 Å². The summed E-state index contributed by atoms with van der Waals surface area (Å²) in [6.07, 6.45) is 2.35. The smallest absolute Gasteiger partial charge is 0.236 e. The van der Waals surface area contributed by atoms with Gasteiger partial charge in [-0.05, 0) is 31.4 Å². The molecule has 100 valence electrons. The minimum Gasteiger partial charge on any atom is -0.313 e. The summed E-state index contributed by atoms with van der Waals surface area (Å²) in [4.78, 5) is 0. The number of rotatable bonds is 6. The Balaban J connectivity index is 2.01. The molecule has 0 aliphatic heterocycles. The lowest BCUT2D eigenvalue weighted by Gasteiger charge is -2.21. The third-order valence-corrected chi connectivity index (χ3v) is 4.99. The molecule has 1 aromatic rings. The number of nitrogens with zero attached hydrogens (tertiary/aromatic N) is 1. The van der Waals surface area contributed by atoms with E-state index in [0.717, 1.165) is 11.3 Å². The lowest BCUT2D eigenvalue weighted by atomic mass is 10.2. The Bertz CT molecular complexity index is 509. The van der Waals surface area contributed by atoms with Crippen LogP contribution in [0.25, 0.3) is 0 Å². The van der Waals surface area contributed by atoms with Crippen LogP contribution in [0.2, 0.25) is 0 Å². The molecule has 4 nitrogen and oxygen atoms in total. The highest BCUT2D eigenvalue weighted by molar-refractivity contribution is 7.92. The fourth-order valence-corrected chi connectivity index (χ4v) is 3.04. The summed E-state index contributed by atoms with van der Waals surface area (Å²) in [5.41, 5.74) is 1.72. The molecule has 1 saturated carbocycles. The summed E-state index contributed by atoms with van der Waals surface area (Å²) in [7, 11) is -1.61. The first kappa shape index (κ1) is 13.4. The first-order valence-electron chi connectivity index (χ1n) is 6.26. The fraction of sp³-hybridized carbons (Fsp3) is 0.538. The van der Waals surface area contributed by atoms with E-state index in [-0.39, 0.29) is 5.75 Å². The maximum absolute atomic E-state index is 12.2. The Morgan fingerprint density at radius 2 is 2.00 bits per heavy atom. The third kappa shape index (κ3) is 3.23. The van der Waals surface area contributed by atoms with Crippen molar-refractivity contribution in [3.8, 4) is 0 Å². The Morgan fingerprint density at radius 1 is 1.33 bits per heavy atom. The molecule has 1 aromatic carbocycles. The average Bonchev–Trinajstić information content (AvgIpc) is 3.12. The van der Waals surface area contributed by atoms with Gasteiger partial charge < -0.3 is 5.32 Å². The summed E-state index contributed by atoms with van der Waals surface area (Å²) in [6.45, 7) is 2.45. The molecule has 0 bridgehead atoms. The van der Waals surface area contributed by atoms with Crippen molar-refractivity contribution in [3.05, 3.63) is 29.8 Å². The van der Waals surface area contributed by atoms with Gasteiger partial charge in [-0.1, -0.05) is 18.2 Å². The molecule has 0 radical (unpaired) electrons. The van der Waals surface area contributed by atoms with Gasteiger partial charge in [0.1, 0.15) is 0 Å². The van der Waals surface area contributed by atoms with Crippen LogP contribution in [0, 0.1) is 6.92 Å². The van der Waals surface area contributed by atoms with E-state index in [4.69, 9.17) is 0 Å². The number of aryl methyl sites for hydroxylation is 1. The molecule has 0 heterocycles. The van der Waals surface area contributed by atoms with E-state index in [1.807, 2.05) is 31.2 Å². The SMILES string of the molecule is Cc1ccccc1N(C)S(=O)(=O)CCNC1CC1. The molecule has 18 heavy (non-hydrogen) atoms. The largest absolute Gasteiger partial charge is 0.313 e. The van der Waals surface area contributed by atoms with Crippen LogP contribution in [0.1, 0.15) is 18.4 Å². The molecule has 1 N–H and O–H groups in total. The van der Waals surface area contributed by atoms with E-state index < -0.39 is 10.0 Å². The fourth-order valence-electron chi connectivity index (χ4n) is 1.88. The van der Waals surface area contributed by atoms with Crippen molar-refractivity contribution in [1.82, 2.24) is 5.32 Å². The highest BCUT2D eigenvalue weighted by Crippen LogP contribution is 2.21. The molecule has 1 fully saturated rings. The number of para-hydroxylation sites is 1. The Morgan fingerprint density at radius 3 is 2.61 bits per heavy atom. The van der Waals surface area contributed by atoms with Gasteiger partial charge in [-0.2, -0.15) is 0 Å². The highest BCUT2D eigenvalue weighted by Gasteiger charge is 2.23. The molecule has 0 amide bonds. The standard InChI is InChI=1S/C13H20N2O2S/c1-11-5-3-4-6-13(11)15(2)18(16,17)10-9-14-12-7-8-12/h3-6,12,14H,7-10H2,1-2H3. The van der Waals surface area contributed by atoms with Gasteiger partial charge in [0.15, 0.2) is 0 Å². The van der Waals surface area contributed by atoms with Crippen molar-refractivity contribution in [2.24, 2.45) is 0 Å². The number of nitrogens with one attached hydrogen (secondary N) is 1. The predicted molar refractivity (Wildman–Crippen MR) is 74.4 cm³/mol. The van der Waals surface area contributed by atoms with E-state index in [0.29, 0.717) is 12.6 Å². The molecule has 0 saturated heterocycles. The monoisotopic (exact) mass is 268 g/mol. The van der Waals surface area contributed by atoms with Gasteiger partial charge in [-0.3, -0.25) is 4.31 Å². The number of anilines is 1. The lowest BCUT2D eigenvalue weighted by Crippen LogP contribution is -2.34. The second kappa shape index (κ2) is 5.28. The second-order valence-corrected chi connectivity index (χ2v) is 6.92. The molecule has 0 unspecified atom stereocenters. The molecule has 0 aromatic heterocycles. The van der Waals surface area contributed by atoms with Gasteiger partial charge in [0.2, 0.25) is 10.0 Å². The summed E-state index contributed by atoms with van der Waals surface area (Å²) >= 11 is 0. The van der Waals surface area contributed by atoms with Crippen molar-refractivity contribution < 1.29 is 8.42 Å². The summed E-state index contributed by atoms with van der Waals surface area (Å²) < 4.78 is 25.7. The van der Waals surface area contributed by atoms with Gasteiger partial charge in [0.25, 0.3) is 0 Å². The van der Waals surface area contributed by atoms with E-state index in [9.17, 15) is 8.42 Å². The topological polar surface area (TPSA) is 49.4 Å². The van der Waals surface area contributed by atoms with Crippen molar-refractivity contribution in [2.75, 3.05) is 23.7 Å². The molecule has 5 heteroatoms. The Kier molecular flexibility index (Phi) is 3.92. The minimum absolute atomic E-state index is 0.147. The van der Waals surface area contributed by atoms with E-state index >= 15 is 0 Å². The van der Waals surface area contributed by atoms with E-state index in [1.165, 1.54) is 17.1 Å². The zero-order chi connectivity index (χ0) is 13.2. The van der Waals surface area contributed by atoms with Gasteiger partial charge in [0.05, 0.1) is 11.4 Å². The number of hydrogen-bond donors (Lipinski definition) is 1. The lowest BCUT2D eigenvalue weighted by molar-refractivity contribution is 0.589. The summed E-state index contributed by atoms with van der Waals surface area (Å²) in [6, 6.07) is 8.07. The molecule has 0 spiro atoms. The number of hydrogen-bond acceptors (Lipinski definition) is 3.